The summed E-state index contributed by atoms with van der Waals surface area (Å²) < 4.78 is 17.5. The second-order valence-corrected chi connectivity index (χ2v) is 19.6. The first-order valence-corrected chi connectivity index (χ1v) is 29.3. The number of aliphatic hydroxyl groups is 5. The average Bonchev–Trinajstić information content (AvgIpc) is 3.41. The van der Waals surface area contributed by atoms with Gasteiger partial charge in [0, 0.05) is 6.42 Å². The lowest BCUT2D eigenvalue weighted by Crippen LogP contribution is -2.61. The van der Waals surface area contributed by atoms with E-state index in [1.54, 1.807) is 6.08 Å². The lowest BCUT2D eigenvalue weighted by molar-refractivity contribution is -0.305. The van der Waals surface area contributed by atoms with Crippen LogP contribution in [0.15, 0.2) is 122 Å². The van der Waals surface area contributed by atoms with Gasteiger partial charge in [0.25, 0.3) is 0 Å². The largest absolute Gasteiger partial charge is 0.454 e. The lowest BCUT2D eigenvalue weighted by atomic mass is 9.99. The minimum Gasteiger partial charge on any atom is -0.454 e. The molecule has 0 aromatic rings. The van der Waals surface area contributed by atoms with Gasteiger partial charge < -0.3 is 45.1 Å². The Labute approximate surface area is 455 Å². The summed E-state index contributed by atoms with van der Waals surface area (Å²) >= 11 is 0. The van der Waals surface area contributed by atoms with Crippen LogP contribution < -0.4 is 5.32 Å². The molecular weight excluding hydrogens is 943 g/mol. The smallest absolute Gasteiger partial charge is 0.306 e. The number of carbonyl (C=O) groups is 2. The summed E-state index contributed by atoms with van der Waals surface area (Å²) in [5.74, 6) is -1.30. The molecule has 1 rings (SSSR count). The van der Waals surface area contributed by atoms with E-state index in [0.29, 0.717) is 12.8 Å². The molecule has 1 heterocycles. The quantitative estimate of drug-likeness (QED) is 0.0195. The first-order chi connectivity index (χ1) is 36.7. The Morgan fingerprint density at radius 1 is 0.533 bits per heavy atom. The van der Waals surface area contributed by atoms with Crippen molar-refractivity contribution >= 4 is 11.9 Å². The van der Waals surface area contributed by atoms with Crippen molar-refractivity contribution in [2.24, 2.45) is 0 Å². The molecule has 11 nitrogen and oxygen atoms in total. The first-order valence-electron chi connectivity index (χ1n) is 29.3. The third-order valence-corrected chi connectivity index (χ3v) is 12.9. The zero-order chi connectivity index (χ0) is 54.7. The van der Waals surface area contributed by atoms with Crippen molar-refractivity contribution in [3.05, 3.63) is 122 Å². The van der Waals surface area contributed by atoms with Gasteiger partial charge in [-0.2, -0.15) is 0 Å². The van der Waals surface area contributed by atoms with Crippen LogP contribution in [0, 0.1) is 0 Å². The number of ether oxygens (including phenoxy) is 3. The van der Waals surface area contributed by atoms with E-state index in [9.17, 15) is 35.1 Å². The van der Waals surface area contributed by atoms with E-state index in [2.05, 4.69) is 123 Å². The fourth-order valence-electron chi connectivity index (χ4n) is 8.20. The maximum atomic E-state index is 13.4. The molecule has 0 aromatic carbocycles. The summed E-state index contributed by atoms with van der Waals surface area (Å²) in [7, 11) is 0. The van der Waals surface area contributed by atoms with Crippen LogP contribution in [0.25, 0.3) is 0 Å². The fraction of sp³-hybridized carbons (Fsp3) is 0.656. The van der Waals surface area contributed by atoms with Crippen molar-refractivity contribution < 1.29 is 49.3 Å². The summed E-state index contributed by atoms with van der Waals surface area (Å²) in [5, 5.41) is 56.7. The highest BCUT2D eigenvalue weighted by molar-refractivity contribution is 5.80. The van der Waals surface area contributed by atoms with Gasteiger partial charge >= 0.3 is 5.97 Å². The molecule has 1 saturated heterocycles. The molecular formula is C64H105NO10. The Morgan fingerprint density at radius 3 is 1.47 bits per heavy atom. The van der Waals surface area contributed by atoms with Crippen molar-refractivity contribution in [1.82, 2.24) is 5.32 Å². The minimum absolute atomic E-state index is 0.0722. The fourth-order valence-corrected chi connectivity index (χ4v) is 8.20. The van der Waals surface area contributed by atoms with E-state index in [1.807, 2.05) is 18.2 Å². The molecule has 75 heavy (non-hydrogen) atoms. The summed E-state index contributed by atoms with van der Waals surface area (Å²) in [6.07, 6.45) is 59.6. The van der Waals surface area contributed by atoms with Crippen LogP contribution in [-0.4, -0.2) is 99.6 Å². The number of hydrogen-bond acceptors (Lipinski definition) is 10. The molecule has 0 aromatic heterocycles. The van der Waals surface area contributed by atoms with Gasteiger partial charge in [0.15, 0.2) is 12.4 Å². The number of nitrogens with one attached hydrogen (secondary N) is 1. The zero-order valence-electron chi connectivity index (χ0n) is 46.9. The molecule has 0 saturated carbocycles. The Morgan fingerprint density at radius 2 is 0.960 bits per heavy atom. The Bertz CT molecular complexity index is 1680. The van der Waals surface area contributed by atoms with Gasteiger partial charge in [0.1, 0.15) is 24.4 Å². The third-order valence-electron chi connectivity index (χ3n) is 12.9. The van der Waals surface area contributed by atoms with Crippen molar-refractivity contribution in [2.45, 2.75) is 256 Å². The van der Waals surface area contributed by atoms with Gasteiger partial charge in [-0.15, -0.1) is 0 Å². The Balaban J connectivity index is 2.77. The van der Waals surface area contributed by atoms with Gasteiger partial charge in [-0.25, -0.2) is 0 Å². The monoisotopic (exact) mass is 1050 g/mol. The minimum atomic E-state index is -1.64. The van der Waals surface area contributed by atoms with Gasteiger partial charge in [-0.3, -0.25) is 9.59 Å². The molecule has 1 aliphatic heterocycles. The van der Waals surface area contributed by atoms with Crippen LogP contribution in [0.1, 0.15) is 207 Å². The predicted molar refractivity (Wildman–Crippen MR) is 310 cm³/mol. The summed E-state index contributed by atoms with van der Waals surface area (Å²) in [6, 6.07) is -1.07. The Kier molecular flexibility index (Phi) is 46.8. The highest BCUT2D eigenvalue weighted by Gasteiger charge is 2.47. The second kappa shape index (κ2) is 50.9. The third kappa shape index (κ3) is 39.1. The number of aliphatic hydroxyl groups excluding tert-OH is 5. The predicted octanol–water partition coefficient (Wildman–Crippen LogP) is 13.5. The van der Waals surface area contributed by atoms with E-state index in [0.717, 1.165) is 103 Å². The summed E-state index contributed by atoms with van der Waals surface area (Å²) in [6.45, 7) is 5.56. The van der Waals surface area contributed by atoms with Gasteiger partial charge in [-0.05, 0) is 109 Å². The molecule has 8 unspecified atom stereocenters. The molecule has 11 heteroatoms. The van der Waals surface area contributed by atoms with Crippen LogP contribution in [-0.2, 0) is 23.8 Å². The molecule has 1 fully saturated rings. The van der Waals surface area contributed by atoms with Gasteiger partial charge in [0.05, 0.1) is 25.4 Å². The molecule has 0 aliphatic carbocycles. The molecule has 426 valence electrons. The van der Waals surface area contributed by atoms with Crippen molar-refractivity contribution in [2.75, 3.05) is 13.2 Å². The van der Waals surface area contributed by atoms with Crippen LogP contribution in [0.4, 0.5) is 0 Å². The molecule has 1 aliphatic rings. The van der Waals surface area contributed by atoms with Crippen molar-refractivity contribution in [1.29, 1.82) is 0 Å². The van der Waals surface area contributed by atoms with Crippen molar-refractivity contribution in [3.63, 3.8) is 0 Å². The summed E-state index contributed by atoms with van der Waals surface area (Å²) in [5.41, 5.74) is 0. The first kappa shape index (κ1) is 69.1. The highest BCUT2D eigenvalue weighted by atomic mass is 16.7. The van der Waals surface area contributed by atoms with Crippen LogP contribution in [0.5, 0.6) is 0 Å². The van der Waals surface area contributed by atoms with E-state index >= 15 is 0 Å². The maximum Gasteiger partial charge on any atom is 0.306 e. The zero-order valence-corrected chi connectivity index (χ0v) is 46.9. The van der Waals surface area contributed by atoms with E-state index < -0.39 is 67.4 Å². The van der Waals surface area contributed by atoms with Crippen LogP contribution in [0.2, 0.25) is 0 Å². The number of rotatable bonds is 47. The maximum absolute atomic E-state index is 13.4. The number of amides is 1. The number of allylic oxidation sites excluding steroid dienone is 19. The Hall–Kier alpha value is -3.94. The van der Waals surface area contributed by atoms with E-state index in [-0.39, 0.29) is 19.4 Å². The topological polar surface area (TPSA) is 175 Å². The van der Waals surface area contributed by atoms with Crippen LogP contribution >= 0.6 is 0 Å². The van der Waals surface area contributed by atoms with E-state index in [1.165, 1.54) is 57.8 Å². The molecule has 8 atom stereocenters. The van der Waals surface area contributed by atoms with Crippen molar-refractivity contribution in [3.8, 4) is 0 Å². The SMILES string of the molecule is CC/C=C\C/C=C\C/C=C\C/C=C\C/C=C\CCC(O)C(=O)NC(COC1OC(CO)C(O)C(O)C1OC(=O)CCCCC/C=C\C/C=C\C/C=C\C/C=C\CCCCC)C(O)/C=C/CCCCCCCCCCC. The molecule has 0 spiro atoms. The summed E-state index contributed by atoms with van der Waals surface area (Å²) in [4.78, 5) is 26.4. The number of esters is 1. The van der Waals surface area contributed by atoms with Gasteiger partial charge in [0.2, 0.25) is 5.91 Å². The molecule has 1 amide bonds. The molecule has 6 N–H and O–H groups in total. The van der Waals surface area contributed by atoms with E-state index in [4.69, 9.17) is 14.2 Å². The highest BCUT2D eigenvalue weighted by Crippen LogP contribution is 2.26. The van der Waals surface area contributed by atoms with Gasteiger partial charge in [-0.1, -0.05) is 213 Å². The standard InChI is InChI=1S/C64H105NO10/c1-4-7-10-13-16-19-22-24-26-28-29-30-32-34-37-40-43-46-49-52-59(69)75-62-61(71)60(70)58(53-66)74-64(62)73-54-55(56(67)50-47-44-41-38-35-21-18-15-12-9-6-3)65-63(72)57(68)51-48-45-42-39-36-33-31-27-25-23-20-17-14-11-8-5-2/h8,11,16-17,19-20,24-27,29-30,33-34,36-37,42,45,47,50,55-58,60-62,64,66-68,70-71H,4-7,9-10,12-15,18,21-23,28,31-32,35,38-41,43-44,46,48-49,51-54H2,1-3H3,(H,65,72)/b11-8-,19-16-,20-17-,26-24-,27-25-,30-29-,36-33-,37-34-,45-42-,50-47+. The average molecular weight is 1050 g/mol. The second-order valence-electron chi connectivity index (χ2n) is 19.6. The normalized spacial score (nSPS) is 20.1. The lowest BCUT2D eigenvalue weighted by Gasteiger charge is -2.41. The molecule has 0 radical (unpaired) electrons. The number of unbranched alkanes of at least 4 members (excludes halogenated alkanes) is 15. The molecule has 0 bridgehead atoms. The number of carbonyl (C=O) groups excluding carboxylic acids is 2. The van der Waals surface area contributed by atoms with Crippen LogP contribution in [0.3, 0.4) is 0 Å². The number of hydrogen-bond donors (Lipinski definition) is 6.